The van der Waals surface area contributed by atoms with Crippen molar-refractivity contribution < 1.29 is 19.5 Å². The first-order valence-electron chi connectivity index (χ1n) is 8.81. The first kappa shape index (κ1) is 16.6. The molecule has 2 fully saturated rings. The number of amides is 1. The number of carboxylic acid groups (broad SMARTS) is 1. The van der Waals surface area contributed by atoms with Crippen LogP contribution in [-0.2, 0) is 4.79 Å². The fourth-order valence-electron chi connectivity index (χ4n) is 4.37. The number of nitrogens with zero attached hydrogens (tertiary/aromatic N) is 1. The summed E-state index contributed by atoms with van der Waals surface area (Å²) < 4.78 is 0. The predicted molar refractivity (Wildman–Crippen MR) is 94.0 cm³/mol. The second-order valence-electron chi connectivity index (χ2n) is 7.24. The number of fused-ring (bicyclic) bond motifs is 1. The number of H-pyrrole nitrogens is 1. The smallest absolute Gasteiger partial charge is 0.311 e. The molecule has 1 aliphatic heterocycles. The highest BCUT2D eigenvalue weighted by Gasteiger charge is 2.55. The van der Waals surface area contributed by atoms with E-state index in [0.717, 1.165) is 12.8 Å². The maximum atomic E-state index is 12.8. The van der Waals surface area contributed by atoms with Crippen molar-refractivity contribution in [2.75, 3.05) is 13.1 Å². The number of carbonyl (C=O) groups excluding carboxylic acids is 2. The Bertz CT molecular complexity index is 856. The van der Waals surface area contributed by atoms with Crippen LogP contribution in [0.25, 0.3) is 0 Å². The Hall–Kier alpha value is -2.89. The largest absolute Gasteiger partial charge is 0.481 e. The van der Waals surface area contributed by atoms with E-state index in [4.69, 9.17) is 0 Å². The molecule has 4 rings (SSSR count). The van der Waals surface area contributed by atoms with Gasteiger partial charge in [-0.2, -0.15) is 0 Å². The third kappa shape index (κ3) is 2.53. The quantitative estimate of drug-likeness (QED) is 0.828. The van der Waals surface area contributed by atoms with Gasteiger partial charge in [0.25, 0.3) is 5.91 Å². The number of ketones is 1. The molecule has 2 atom stereocenters. The number of likely N-dealkylation sites (tertiary alicyclic amines) is 1. The maximum absolute atomic E-state index is 12.8. The van der Waals surface area contributed by atoms with E-state index in [-0.39, 0.29) is 24.2 Å². The first-order valence-corrected chi connectivity index (χ1v) is 8.81. The van der Waals surface area contributed by atoms with Gasteiger partial charge in [0.15, 0.2) is 5.78 Å². The fourth-order valence-corrected chi connectivity index (χ4v) is 4.37. The van der Waals surface area contributed by atoms with Crippen molar-refractivity contribution in [2.45, 2.75) is 19.3 Å². The monoisotopic (exact) mass is 352 g/mol. The van der Waals surface area contributed by atoms with Gasteiger partial charge >= 0.3 is 5.97 Å². The molecule has 0 unspecified atom stereocenters. The van der Waals surface area contributed by atoms with Gasteiger partial charge in [-0.15, -0.1) is 0 Å². The molecule has 1 aromatic carbocycles. The van der Waals surface area contributed by atoms with Crippen LogP contribution in [0.5, 0.6) is 0 Å². The highest BCUT2D eigenvalue weighted by molar-refractivity contribution is 6.09. The molecule has 26 heavy (non-hydrogen) atoms. The third-order valence-corrected chi connectivity index (χ3v) is 5.84. The SMILES string of the molecule is O=C(c1ccc(C(=O)N2C[C@@H]3CCC[C@@]3(C(=O)O)C2)cc1)c1cc[nH]c1. The van der Waals surface area contributed by atoms with Crippen molar-refractivity contribution in [1.29, 1.82) is 0 Å². The molecule has 2 aromatic rings. The van der Waals surface area contributed by atoms with Crippen LogP contribution in [0.1, 0.15) is 45.5 Å². The van der Waals surface area contributed by atoms with Gasteiger partial charge < -0.3 is 15.0 Å². The highest BCUT2D eigenvalue weighted by atomic mass is 16.4. The lowest BCUT2D eigenvalue weighted by Gasteiger charge is -2.23. The lowest BCUT2D eigenvalue weighted by atomic mass is 9.81. The summed E-state index contributed by atoms with van der Waals surface area (Å²) in [5, 5.41) is 9.65. The van der Waals surface area contributed by atoms with E-state index in [1.807, 2.05) is 0 Å². The summed E-state index contributed by atoms with van der Waals surface area (Å²) in [4.78, 5) is 41.4. The van der Waals surface area contributed by atoms with Crippen LogP contribution in [0.4, 0.5) is 0 Å². The van der Waals surface area contributed by atoms with Gasteiger partial charge in [0, 0.05) is 42.2 Å². The molecule has 2 heterocycles. The van der Waals surface area contributed by atoms with Gasteiger partial charge in [0.1, 0.15) is 0 Å². The minimum absolute atomic E-state index is 0.0402. The Morgan fingerprint density at radius 3 is 2.42 bits per heavy atom. The van der Waals surface area contributed by atoms with Gasteiger partial charge in [-0.3, -0.25) is 14.4 Å². The summed E-state index contributed by atoms with van der Waals surface area (Å²) in [6, 6.07) is 8.28. The van der Waals surface area contributed by atoms with Gasteiger partial charge in [0.05, 0.1) is 5.41 Å². The number of hydrogen-bond donors (Lipinski definition) is 2. The second-order valence-corrected chi connectivity index (χ2v) is 7.24. The molecule has 0 spiro atoms. The number of carboxylic acids is 1. The number of aromatic amines is 1. The van der Waals surface area contributed by atoms with Crippen LogP contribution < -0.4 is 0 Å². The molecule has 0 bridgehead atoms. The average Bonchev–Trinajstić information content (AvgIpc) is 3.36. The Labute approximate surface area is 150 Å². The summed E-state index contributed by atoms with van der Waals surface area (Å²) in [6.45, 7) is 0.769. The van der Waals surface area contributed by atoms with Crippen LogP contribution in [0.3, 0.4) is 0 Å². The zero-order valence-electron chi connectivity index (χ0n) is 14.3. The molecule has 1 saturated carbocycles. The van der Waals surface area contributed by atoms with Gasteiger partial charge in [-0.1, -0.05) is 18.6 Å². The van der Waals surface area contributed by atoms with Crippen molar-refractivity contribution in [3.63, 3.8) is 0 Å². The van der Waals surface area contributed by atoms with Crippen LogP contribution in [0.15, 0.2) is 42.7 Å². The highest BCUT2D eigenvalue weighted by Crippen LogP contribution is 2.49. The van der Waals surface area contributed by atoms with Crippen LogP contribution in [0.2, 0.25) is 0 Å². The number of aromatic nitrogens is 1. The Kier molecular flexibility index (Phi) is 3.90. The summed E-state index contributed by atoms with van der Waals surface area (Å²) in [6.07, 6.45) is 5.74. The molecule has 1 saturated heterocycles. The molecule has 2 aliphatic rings. The van der Waals surface area contributed by atoms with Crippen LogP contribution in [-0.4, -0.2) is 45.7 Å². The van der Waals surface area contributed by atoms with Gasteiger partial charge in [0.2, 0.25) is 0 Å². The molecule has 6 heteroatoms. The standard InChI is InChI=1S/C20H20N2O4/c23-17(15-7-9-21-10-15)13-3-5-14(6-4-13)18(24)22-11-16-2-1-8-20(16,12-22)19(25)26/h3-7,9-10,16,21H,1-2,8,11-12H2,(H,25,26)/t16-,20+/m0/s1. The number of rotatable bonds is 4. The molecule has 1 aliphatic carbocycles. The van der Waals surface area contributed by atoms with Crippen molar-refractivity contribution >= 4 is 17.7 Å². The van der Waals surface area contributed by atoms with E-state index in [1.54, 1.807) is 47.6 Å². The number of nitrogens with one attached hydrogen (secondary N) is 1. The van der Waals surface area contributed by atoms with E-state index < -0.39 is 11.4 Å². The van der Waals surface area contributed by atoms with Crippen LogP contribution >= 0.6 is 0 Å². The maximum Gasteiger partial charge on any atom is 0.311 e. The normalized spacial score (nSPS) is 24.5. The zero-order valence-corrected chi connectivity index (χ0v) is 14.3. The molecule has 6 nitrogen and oxygen atoms in total. The van der Waals surface area contributed by atoms with Crippen molar-refractivity contribution in [3.8, 4) is 0 Å². The third-order valence-electron chi connectivity index (χ3n) is 5.84. The minimum atomic E-state index is -0.789. The van der Waals surface area contributed by atoms with E-state index in [2.05, 4.69) is 4.98 Å². The zero-order chi connectivity index (χ0) is 18.3. The fraction of sp³-hybridized carbons (Fsp3) is 0.350. The molecule has 0 radical (unpaired) electrons. The Morgan fingerprint density at radius 2 is 1.81 bits per heavy atom. The molecule has 1 aromatic heterocycles. The molecular formula is C20H20N2O4. The number of aliphatic carboxylic acids is 1. The van der Waals surface area contributed by atoms with Crippen molar-refractivity contribution in [2.24, 2.45) is 11.3 Å². The van der Waals surface area contributed by atoms with Crippen molar-refractivity contribution in [1.82, 2.24) is 9.88 Å². The molecule has 2 N–H and O–H groups in total. The average molecular weight is 352 g/mol. The van der Waals surface area contributed by atoms with E-state index in [0.29, 0.717) is 29.7 Å². The lowest BCUT2D eigenvalue weighted by molar-refractivity contribution is -0.149. The molecule has 1 amide bonds. The summed E-state index contributed by atoms with van der Waals surface area (Å²) in [5.74, 6) is -1.02. The molecule has 134 valence electrons. The summed E-state index contributed by atoms with van der Waals surface area (Å²) in [7, 11) is 0. The lowest BCUT2D eigenvalue weighted by Crippen LogP contribution is -2.37. The van der Waals surface area contributed by atoms with Crippen LogP contribution in [0, 0.1) is 11.3 Å². The minimum Gasteiger partial charge on any atom is -0.481 e. The Balaban J connectivity index is 1.51. The predicted octanol–water partition coefficient (Wildman–Crippen LogP) is 2.57. The van der Waals surface area contributed by atoms with E-state index in [9.17, 15) is 19.5 Å². The van der Waals surface area contributed by atoms with Gasteiger partial charge in [-0.05, 0) is 37.0 Å². The van der Waals surface area contributed by atoms with E-state index in [1.165, 1.54) is 0 Å². The summed E-state index contributed by atoms with van der Waals surface area (Å²) >= 11 is 0. The number of benzene rings is 1. The number of carbonyl (C=O) groups is 3. The topological polar surface area (TPSA) is 90.5 Å². The van der Waals surface area contributed by atoms with Gasteiger partial charge in [-0.25, -0.2) is 0 Å². The first-order chi connectivity index (χ1) is 12.5. The Morgan fingerprint density at radius 1 is 1.08 bits per heavy atom. The second kappa shape index (κ2) is 6.12. The number of hydrogen-bond acceptors (Lipinski definition) is 3. The van der Waals surface area contributed by atoms with E-state index >= 15 is 0 Å². The van der Waals surface area contributed by atoms with Crippen molar-refractivity contribution in [3.05, 3.63) is 59.4 Å². The molecular weight excluding hydrogens is 332 g/mol. The summed E-state index contributed by atoms with van der Waals surface area (Å²) in [5.41, 5.74) is 0.789.